The number of hydrogen-bond donors (Lipinski definition) is 1. The number of hydrogen-bond acceptors (Lipinski definition) is 1. The van der Waals surface area contributed by atoms with Crippen LogP contribution in [0.5, 0.6) is 0 Å². The summed E-state index contributed by atoms with van der Waals surface area (Å²) >= 11 is 3.40. The first-order chi connectivity index (χ1) is 5.59. The minimum absolute atomic E-state index is 0.259. The topological polar surface area (TPSA) is 20.2 Å². The van der Waals surface area contributed by atoms with Gasteiger partial charge < -0.3 is 5.11 Å². The molecule has 0 aliphatic heterocycles. The van der Waals surface area contributed by atoms with Crippen LogP contribution in [0.1, 0.15) is 18.1 Å². The third-order valence-corrected chi connectivity index (χ3v) is 2.31. The predicted molar refractivity (Wildman–Crippen MR) is 54.3 cm³/mol. The van der Waals surface area contributed by atoms with E-state index in [1.54, 1.807) is 0 Å². The molecule has 0 aliphatic carbocycles. The van der Waals surface area contributed by atoms with Crippen LogP contribution in [-0.4, -0.2) is 11.2 Å². The summed E-state index contributed by atoms with van der Waals surface area (Å²) in [5.41, 5.74) is 2.44. The van der Waals surface area contributed by atoms with Crippen molar-refractivity contribution >= 4 is 15.9 Å². The monoisotopic (exact) mass is 228 g/mol. The lowest BCUT2D eigenvalue weighted by atomic mass is 10.0. The van der Waals surface area contributed by atoms with E-state index in [0.29, 0.717) is 0 Å². The molecule has 1 aromatic carbocycles. The van der Waals surface area contributed by atoms with E-state index in [2.05, 4.69) is 28.9 Å². The molecule has 0 saturated heterocycles. The molecule has 0 spiro atoms. The third kappa shape index (κ3) is 2.61. The standard InChI is InChI=1S/C10H13BrO/c1-7-5-10(11)4-3-9(7)6-8(2)12/h3-5,8,12H,6H2,1-2H3/t8-/m1/s1. The molecular weight excluding hydrogens is 216 g/mol. The van der Waals surface area contributed by atoms with E-state index >= 15 is 0 Å². The largest absolute Gasteiger partial charge is 0.393 e. The second kappa shape index (κ2) is 4.06. The third-order valence-electron chi connectivity index (χ3n) is 1.82. The molecule has 1 atom stereocenters. The molecule has 0 radical (unpaired) electrons. The molecule has 1 rings (SSSR count). The fourth-order valence-electron chi connectivity index (χ4n) is 1.21. The van der Waals surface area contributed by atoms with Gasteiger partial charge in [-0.15, -0.1) is 0 Å². The summed E-state index contributed by atoms with van der Waals surface area (Å²) in [7, 11) is 0. The fourth-order valence-corrected chi connectivity index (χ4v) is 1.68. The second-order valence-corrected chi connectivity index (χ2v) is 4.04. The molecule has 1 nitrogen and oxygen atoms in total. The van der Waals surface area contributed by atoms with Crippen molar-refractivity contribution in [1.29, 1.82) is 0 Å². The van der Waals surface area contributed by atoms with Gasteiger partial charge in [-0.3, -0.25) is 0 Å². The second-order valence-electron chi connectivity index (χ2n) is 3.12. The highest BCUT2D eigenvalue weighted by Crippen LogP contribution is 2.16. The average Bonchev–Trinajstić information content (AvgIpc) is 1.94. The van der Waals surface area contributed by atoms with Crippen LogP contribution in [0.2, 0.25) is 0 Å². The number of aliphatic hydroxyl groups is 1. The summed E-state index contributed by atoms with van der Waals surface area (Å²) in [6.45, 7) is 3.87. The van der Waals surface area contributed by atoms with Crippen LogP contribution in [0.4, 0.5) is 0 Å². The van der Waals surface area contributed by atoms with E-state index in [1.807, 2.05) is 19.1 Å². The van der Waals surface area contributed by atoms with Crippen molar-refractivity contribution in [2.75, 3.05) is 0 Å². The highest BCUT2D eigenvalue weighted by atomic mass is 79.9. The van der Waals surface area contributed by atoms with E-state index in [9.17, 15) is 5.11 Å². The molecule has 2 heteroatoms. The van der Waals surface area contributed by atoms with Crippen molar-refractivity contribution in [3.8, 4) is 0 Å². The van der Waals surface area contributed by atoms with Gasteiger partial charge in [0.1, 0.15) is 0 Å². The summed E-state index contributed by atoms with van der Waals surface area (Å²) in [5, 5.41) is 9.19. The van der Waals surface area contributed by atoms with Crippen LogP contribution in [0.15, 0.2) is 22.7 Å². The maximum absolute atomic E-state index is 9.19. The van der Waals surface area contributed by atoms with Gasteiger partial charge in [-0.2, -0.15) is 0 Å². The number of aryl methyl sites for hydroxylation is 1. The maximum Gasteiger partial charge on any atom is 0.0552 e. The smallest absolute Gasteiger partial charge is 0.0552 e. The summed E-state index contributed by atoms with van der Waals surface area (Å²) in [4.78, 5) is 0. The highest BCUT2D eigenvalue weighted by molar-refractivity contribution is 9.10. The van der Waals surface area contributed by atoms with E-state index < -0.39 is 0 Å². The minimum atomic E-state index is -0.259. The molecule has 0 fully saturated rings. The minimum Gasteiger partial charge on any atom is -0.393 e. The zero-order valence-corrected chi connectivity index (χ0v) is 8.93. The Morgan fingerprint density at radius 2 is 2.17 bits per heavy atom. The Labute approximate surface area is 81.6 Å². The average molecular weight is 229 g/mol. The number of aliphatic hydroxyl groups excluding tert-OH is 1. The quantitative estimate of drug-likeness (QED) is 0.826. The van der Waals surface area contributed by atoms with E-state index in [1.165, 1.54) is 11.1 Å². The summed E-state index contributed by atoms with van der Waals surface area (Å²) < 4.78 is 1.09. The SMILES string of the molecule is Cc1cc(Br)ccc1C[C@@H](C)O. The van der Waals surface area contributed by atoms with E-state index in [4.69, 9.17) is 0 Å². The van der Waals surface area contributed by atoms with Gasteiger partial charge in [0.2, 0.25) is 0 Å². The first-order valence-electron chi connectivity index (χ1n) is 4.02. The molecule has 1 N–H and O–H groups in total. The normalized spacial score (nSPS) is 13.0. The molecule has 0 aliphatic rings. The Balaban J connectivity index is 2.86. The molecule has 66 valence electrons. The van der Waals surface area contributed by atoms with Gasteiger partial charge in [-0.1, -0.05) is 22.0 Å². The number of halogens is 1. The van der Waals surface area contributed by atoms with Crippen molar-refractivity contribution in [3.63, 3.8) is 0 Å². The van der Waals surface area contributed by atoms with Crippen molar-refractivity contribution in [3.05, 3.63) is 33.8 Å². The summed E-state index contributed by atoms with van der Waals surface area (Å²) in [6, 6.07) is 6.12. The zero-order chi connectivity index (χ0) is 9.14. The van der Waals surface area contributed by atoms with Crippen LogP contribution in [0.3, 0.4) is 0 Å². The van der Waals surface area contributed by atoms with Crippen LogP contribution in [-0.2, 0) is 6.42 Å². The van der Waals surface area contributed by atoms with Gasteiger partial charge in [0.25, 0.3) is 0 Å². The predicted octanol–water partition coefficient (Wildman–Crippen LogP) is 2.68. The Bertz CT molecular complexity index is 269. The molecule has 12 heavy (non-hydrogen) atoms. The van der Waals surface area contributed by atoms with E-state index in [0.717, 1.165) is 10.9 Å². The lowest BCUT2D eigenvalue weighted by Gasteiger charge is -2.07. The first-order valence-corrected chi connectivity index (χ1v) is 4.82. The van der Waals surface area contributed by atoms with Crippen LogP contribution in [0.25, 0.3) is 0 Å². The van der Waals surface area contributed by atoms with Gasteiger partial charge in [0.05, 0.1) is 6.10 Å². The maximum atomic E-state index is 9.19. The molecule has 0 bridgehead atoms. The van der Waals surface area contributed by atoms with Crippen molar-refractivity contribution in [1.82, 2.24) is 0 Å². The van der Waals surface area contributed by atoms with Crippen molar-refractivity contribution in [2.45, 2.75) is 26.4 Å². The van der Waals surface area contributed by atoms with Crippen LogP contribution >= 0.6 is 15.9 Å². The van der Waals surface area contributed by atoms with Crippen molar-refractivity contribution in [2.24, 2.45) is 0 Å². The lowest BCUT2D eigenvalue weighted by molar-refractivity contribution is 0.195. The highest BCUT2D eigenvalue weighted by Gasteiger charge is 2.02. The summed E-state index contributed by atoms with van der Waals surface area (Å²) in [5.74, 6) is 0. The molecule has 0 aromatic heterocycles. The molecule has 0 heterocycles. The molecule has 1 aromatic rings. The zero-order valence-electron chi connectivity index (χ0n) is 7.34. The Morgan fingerprint density at radius 3 is 2.67 bits per heavy atom. The first kappa shape index (κ1) is 9.75. The van der Waals surface area contributed by atoms with Gasteiger partial charge in [-0.25, -0.2) is 0 Å². The van der Waals surface area contributed by atoms with Crippen LogP contribution in [0, 0.1) is 6.92 Å². The lowest BCUT2D eigenvalue weighted by Crippen LogP contribution is -2.05. The van der Waals surface area contributed by atoms with Crippen molar-refractivity contribution < 1.29 is 5.11 Å². The Hall–Kier alpha value is -0.340. The number of rotatable bonds is 2. The Kier molecular flexibility index (Phi) is 3.29. The van der Waals surface area contributed by atoms with Crippen LogP contribution < -0.4 is 0 Å². The van der Waals surface area contributed by atoms with Gasteiger partial charge >= 0.3 is 0 Å². The number of benzene rings is 1. The molecule has 0 amide bonds. The fraction of sp³-hybridized carbons (Fsp3) is 0.400. The van der Waals surface area contributed by atoms with Gasteiger partial charge in [-0.05, 0) is 43.5 Å². The Morgan fingerprint density at radius 1 is 1.50 bits per heavy atom. The van der Waals surface area contributed by atoms with Gasteiger partial charge in [0.15, 0.2) is 0 Å². The summed E-state index contributed by atoms with van der Waals surface area (Å²) in [6.07, 6.45) is 0.476. The van der Waals surface area contributed by atoms with Gasteiger partial charge in [0, 0.05) is 4.47 Å². The van der Waals surface area contributed by atoms with E-state index in [-0.39, 0.29) is 6.10 Å². The molecular formula is C10H13BrO. The molecule has 0 unspecified atom stereocenters. The molecule has 0 saturated carbocycles.